The maximum absolute atomic E-state index is 15.3. The van der Waals surface area contributed by atoms with Crippen molar-refractivity contribution in [3.05, 3.63) is 155 Å². The zero-order valence-corrected chi connectivity index (χ0v) is 33.9. The fraction of sp³-hybridized carbons (Fsp3) is 0.298. The van der Waals surface area contributed by atoms with Crippen molar-refractivity contribution >= 4 is 42.4 Å². The predicted octanol–water partition coefficient (Wildman–Crippen LogP) is 7.05. The largest absolute Gasteiger partial charge is 0.497 e. The van der Waals surface area contributed by atoms with Crippen molar-refractivity contribution in [1.29, 1.82) is 0 Å². The van der Waals surface area contributed by atoms with Crippen LogP contribution in [0.15, 0.2) is 127 Å². The molecular weight excluding hydrogens is 731 g/mol. The molecule has 3 heterocycles. The summed E-state index contributed by atoms with van der Waals surface area (Å²) in [6.07, 6.45) is 0.0968. The van der Waals surface area contributed by atoms with Crippen LogP contribution in [0.5, 0.6) is 5.75 Å². The summed E-state index contributed by atoms with van der Waals surface area (Å²) in [6, 6.07) is 40.4. The Morgan fingerprint density at radius 2 is 1.60 bits per heavy atom. The first-order chi connectivity index (χ1) is 27.5. The molecule has 3 aliphatic rings. The number of methoxy groups -OCH3 is 1. The second kappa shape index (κ2) is 15.4. The molecule has 2 N–H and O–H groups in total. The van der Waals surface area contributed by atoms with Crippen molar-refractivity contribution < 1.29 is 29.0 Å². The molecule has 0 aromatic heterocycles. The van der Waals surface area contributed by atoms with Crippen molar-refractivity contribution in [2.45, 2.75) is 69.2 Å². The van der Waals surface area contributed by atoms with Crippen molar-refractivity contribution in [3.8, 4) is 5.75 Å². The van der Waals surface area contributed by atoms with Crippen LogP contribution in [0.25, 0.3) is 0 Å². The van der Waals surface area contributed by atoms with Gasteiger partial charge in [0, 0.05) is 29.3 Å². The highest BCUT2D eigenvalue weighted by Gasteiger charge is 2.66. The lowest BCUT2D eigenvalue weighted by molar-refractivity contribution is -0.151. The van der Waals surface area contributed by atoms with E-state index in [1.807, 2.05) is 97.1 Å². The first-order valence-electron chi connectivity index (χ1n) is 19.7. The van der Waals surface area contributed by atoms with Crippen LogP contribution in [0.1, 0.15) is 46.0 Å². The van der Waals surface area contributed by atoms with E-state index in [0.29, 0.717) is 24.2 Å². The lowest BCUT2D eigenvalue weighted by Crippen LogP contribution is -2.52. The van der Waals surface area contributed by atoms with Crippen LogP contribution in [0.2, 0.25) is 18.6 Å². The number of amides is 3. The van der Waals surface area contributed by atoms with Gasteiger partial charge in [-0.25, -0.2) is 0 Å². The number of hydrogen-bond acceptors (Lipinski definition) is 6. The van der Waals surface area contributed by atoms with Crippen molar-refractivity contribution in [1.82, 2.24) is 4.90 Å². The lowest BCUT2D eigenvalue weighted by Gasteiger charge is -2.39. The molecule has 292 valence electrons. The molecular formula is C47H49N3O6Si. The highest BCUT2D eigenvalue weighted by atomic mass is 28.3. The standard InChI is InChI=1S/C47H49N3O6Si/c1-31-44(57(3,4)39-23-21-38(55-2)22-24-39)42(27-43(52)49-29-35-17-9-8-16-34(35)26-37(49)30-51)56-47(31)40-19-10-11-20-41(40)50(46(47)54)28-32-13-12-18-36(25-32)48-45(53)33-14-6-5-7-15-33/h5-25,31,37,42,44,51H,26-30H2,1-4H3,(H,48,53)/t31-,37-,42+,44-,47+/m0/s1. The Labute approximate surface area is 335 Å². The number of rotatable bonds is 10. The number of fused-ring (bicyclic) bond motifs is 3. The highest BCUT2D eigenvalue weighted by molar-refractivity contribution is 6.91. The third-order valence-electron chi connectivity index (χ3n) is 12.6. The zero-order valence-electron chi connectivity index (χ0n) is 32.9. The minimum absolute atomic E-state index is 0.0839. The number of anilines is 2. The average molecular weight is 780 g/mol. The molecule has 0 aliphatic carbocycles. The summed E-state index contributed by atoms with van der Waals surface area (Å²) in [5, 5.41) is 14.7. The van der Waals surface area contributed by atoms with Gasteiger partial charge in [-0.1, -0.05) is 110 Å². The van der Waals surface area contributed by atoms with E-state index in [1.54, 1.807) is 29.0 Å². The number of aliphatic hydroxyl groups excluding tert-OH is 1. The number of benzene rings is 5. The van der Waals surface area contributed by atoms with E-state index in [4.69, 9.17) is 9.47 Å². The summed E-state index contributed by atoms with van der Waals surface area (Å²) in [5.41, 5.74) is 4.38. The molecule has 0 bridgehead atoms. The van der Waals surface area contributed by atoms with Crippen molar-refractivity contribution in [3.63, 3.8) is 0 Å². The van der Waals surface area contributed by atoms with Gasteiger partial charge in [0.2, 0.25) is 5.91 Å². The molecule has 10 heteroatoms. The van der Waals surface area contributed by atoms with Crippen molar-refractivity contribution in [2.75, 3.05) is 23.9 Å². The molecule has 57 heavy (non-hydrogen) atoms. The zero-order chi connectivity index (χ0) is 39.9. The first kappa shape index (κ1) is 38.3. The Kier molecular flexibility index (Phi) is 10.4. The van der Waals surface area contributed by atoms with Crippen molar-refractivity contribution in [2.24, 2.45) is 5.92 Å². The van der Waals surface area contributed by atoms with Gasteiger partial charge in [0.1, 0.15) is 5.75 Å². The second-order valence-electron chi connectivity index (χ2n) is 16.1. The molecule has 1 saturated heterocycles. The van der Waals surface area contributed by atoms with E-state index < -0.39 is 19.8 Å². The molecule has 1 spiro atoms. The molecule has 0 radical (unpaired) electrons. The van der Waals surface area contributed by atoms with Gasteiger partial charge in [-0.3, -0.25) is 14.4 Å². The van der Waals surface area contributed by atoms with E-state index in [0.717, 1.165) is 33.7 Å². The van der Waals surface area contributed by atoms with Gasteiger partial charge >= 0.3 is 0 Å². The predicted molar refractivity (Wildman–Crippen MR) is 224 cm³/mol. The number of nitrogens with one attached hydrogen (secondary N) is 1. The average Bonchev–Trinajstić information content (AvgIpc) is 3.66. The van der Waals surface area contributed by atoms with Gasteiger partial charge in [-0.15, -0.1) is 0 Å². The molecule has 5 aromatic rings. The van der Waals surface area contributed by atoms with Crippen LogP contribution in [-0.4, -0.2) is 61.7 Å². The summed E-state index contributed by atoms with van der Waals surface area (Å²) in [4.78, 5) is 46.5. The van der Waals surface area contributed by atoms with E-state index in [2.05, 4.69) is 43.5 Å². The lowest BCUT2D eigenvalue weighted by atomic mass is 9.82. The minimum Gasteiger partial charge on any atom is -0.497 e. The number of hydrogen-bond donors (Lipinski definition) is 2. The minimum atomic E-state index is -2.51. The van der Waals surface area contributed by atoms with Crippen LogP contribution in [0.3, 0.4) is 0 Å². The molecule has 8 rings (SSSR count). The summed E-state index contributed by atoms with van der Waals surface area (Å²) < 4.78 is 12.8. The SMILES string of the molecule is COc1ccc([Si](C)(C)[C@@H]2[C@@H](CC(=O)N3Cc4ccccc4C[C@H]3CO)O[C@]3(C(=O)N(Cc4cccc(NC(=O)c5ccccc5)c4)c4ccccc43)[C@H]2C)cc1. The number of nitrogens with zero attached hydrogens (tertiary/aromatic N) is 2. The Morgan fingerprint density at radius 3 is 2.33 bits per heavy atom. The molecule has 9 nitrogen and oxygen atoms in total. The maximum Gasteiger partial charge on any atom is 0.264 e. The van der Waals surface area contributed by atoms with Gasteiger partial charge in [-0.05, 0) is 71.1 Å². The quantitative estimate of drug-likeness (QED) is 0.147. The van der Waals surface area contributed by atoms with Gasteiger partial charge in [0.15, 0.2) is 5.60 Å². The Bertz CT molecular complexity index is 2300. The first-order valence-corrected chi connectivity index (χ1v) is 22.8. The Morgan fingerprint density at radius 1 is 0.895 bits per heavy atom. The smallest absolute Gasteiger partial charge is 0.264 e. The number of ether oxygens (including phenoxy) is 2. The van der Waals surface area contributed by atoms with E-state index >= 15 is 4.79 Å². The van der Waals surface area contributed by atoms with Crippen LogP contribution in [0.4, 0.5) is 11.4 Å². The fourth-order valence-electron chi connectivity index (χ4n) is 9.68. The van der Waals surface area contributed by atoms with Crippen LogP contribution in [0, 0.1) is 5.92 Å². The van der Waals surface area contributed by atoms with E-state index in [1.165, 1.54) is 5.19 Å². The number of para-hydroxylation sites is 1. The van der Waals surface area contributed by atoms with Gasteiger partial charge in [-0.2, -0.15) is 0 Å². The number of aliphatic hydroxyl groups is 1. The van der Waals surface area contributed by atoms with E-state index in [9.17, 15) is 14.7 Å². The second-order valence-corrected chi connectivity index (χ2v) is 20.8. The van der Waals surface area contributed by atoms with Crippen LogP contribution < -0.4 is 20.1 Å². The van der Waals surface area contributed by atoms with Crippen LogP contribution >= 0.6 is 0 Å². The maximum atomic E-state index is 15.3. The third-order valence-corrected chi connectivity index (χ3v) is 16.9. The molecule has 3 aliphatic heterocycles. The highest BCUT2D eigenvalue weighted by Crippen LogP contribution is 2.60. The van der Waals surface area contributed by atoms with Crippen LogP contribution in [-0.2, 0) is 39.4 Å². The monoisotopic (exact) mass is 779 g/mol. The molecule has 0 saturated carbocycles. The van der Waals surface area contributed by atoms with Gasteiger partial charge in [0.25, 0.3) is 11.8 Å². The van der Waals surface area contributed by atoms with E-state index in [-0.39, 0.29) is 54.8 Å². The molecule has 0 unspecified atom stereocenters. The summed E-state index contributed by atoms with van der Waals surface area (Å²) >= 11 is 0. The van der Waals surface area contributed by atoms with Gasteiger partial charge < -0.3 is 29.7 Å². The molecule has 5 atom stereocenters. The summed E-state index contributed by atoms with van der Waals surface area (Å²) in [6.45, 7) is 7.28. The number of carbonyl (C=O) groups excluding carboxylic acids is 3. The molecule has 3 amide bonds. The summed E-state index contributed by atoms with van der Waals surface area (Å²) in [5.74, 6) is 0.0192. The third kappa shape index (κ3) is 6.85. The Balaban J connectivity index is 1.14. The number of carbonyl (C=O) groups is 3. The Hall–Kier alpha value is -5.55. The normalized spacial score (nSPS) is 22.6. The topological polar surface area (TPSA) is 108 Å². The summed E-state index contributed by atoms with van der Waals surface area (Å²) in [7, 11) is -0.858. The van der Waals surface area contributed by atoms with Gasteiger partial charge in [0.05, 0.1) is 52.6 Å². The molecule has 5 aromatic carbocycles. The fourth-order valence-corrected chi connectivity index (χ4v) is 13.7. The molecule has 1 fully saturated rings.